The Kier molecular flexibility index (Phi) is 4.64. The van der Waals surface area contributed by atoms with Gasteiger partial charge in [-0.3, -0.25) is 19.1 Å². The van der Waals surface area contributed by atoms with Gasteiger partial charge in [0.05, 0.1) is 5.39 Å². The van der Waals surface area contributed by atoms with Crippen molar-refractivity contribution >= 4 is 16.8 Å². The Morgan fingerprint density at radius 3 is 2.62 bits per heavy atom. The van der Waals surface area contributed by atoms with Crippen LogP contribution in [0, 0.1) is 5.92 Å². The lowest BCUT2D eigenvalue weighted by Gasteiger charge is -2.28. The van der Waals surface area contributed by atoms with Crippen LogP contribution in [0.4, 0.5) is 0 Å². The molecule has 0 saturated heterocycles. The van der Waals surface area contributed by atoms with Crippen LogP contribution in [0.2, 0.25) is 0 Å². The van der Waals surface area contributed by atoms with Crippen molar-refractivity contribution in [2.75, 3.05) is 0 Å². The first-order chi connectivity index (χ1) is 11.5. The number of Topliss-reactive ketones (excluding diaryl/α,β-unsaturated/α-hetero) is 1. The SMILES string of the molecule is CCC1CCC(n2c(=O)[nH]c3ncc(CC(C)=O)cc3c2=O)CC1. The van der Waals surface area contributed by atoms with E-state index >= 15 is 0 Å². The first-order valence-electron chi connectivity index (χ1n) is 8.62. The summed E-state index contributed by atoms with van der Waals surface area (Å²) in [6.07, 6.45) is 6.73. The molecule has 0 amide bonds. The zero-order valence-corrected chi connectivity index (χ0v) is 14.2. The number of rotatable bonds is 4. The number of carbonyl (C=O) groups excluding carboxylic acids is 1. The number of nitrogens with one attached hydrogen (secondary N) is 1. The molecule has 2 aromatic heterocycles. The third kappa shape index (κ3) is 3.18. The number of hydrogen-bond donors (Lipinski definition) is 1. The summed E-state index contributed by atoms with van der Waals surface area (Å²) in [6.45, 7) is 3.68. The van der Waals surface area contributed by atoms with Crippen LogP contribution in [0.5, 0.6) is 0 Å². The number of ketones is 1. The van der Waals surface area contributed by atoms with Gasteiger partial charge in [-0.1, -0.05) is 13.3 Å². The molecule has 1 N–H and O–H groups in total. The van der Waals surface area contributed by atoms with E-state index in [9.17, 15) is 14.4 Å². The molecule has 0 radical (unpaired) electrons. The highest BCUT2D eigenvalue weighted by Gasteiger charge is 2.24. The van der Waals surface area contributed by atoms with Gasteiger partial charge in [-0.05, 0) is 50.2 Å². The highest BCUT2D eigenvalue weighted by molar-refractivity contribution is 5.80. The summed E-state index contributed by atoms with van der Waals surface area (Å²) in [5.74, 6) is 0.708. The van der Waals surface area contributed by atoms with Gasteiger partial charge in [0, 0.05) is 18.7 Å². The van der Waals surface area contributed by atoms with E-state index < -0.39 is 0 Å². The van der Waals surface area contributed by atoms with Crippen LogP contribution in [0.25, 0.3) is 11.0 Å². The zero-order valence-electron chi connectivity index (χ0n) is 14.2. The molecule has 0 aromatic carbocycles. The molecular weight excluding hydrogens is 306 g/mol. The molecule has 2 aromatic rings. The van der Waals surface area contributed by atoms with E-state index in [1.54, 1.807) is 6.07 Å². The topological polar surface area (TPSA) is 84.8 Å². The van der Waals surface area contributed by atoms with E-state index in [-0.39, 0.29) is 35.1 Å². The van der Waals surface area contributed by atoms with E-state index in [0.717, 1.165) is 32.1 Å². The second-order valence-electron chi connectivity index (χ2n) is 6.81. The van der Waals surface area contributed by atoms with Crippen LogP contribution in [0.3, 0.4) is 0 Å². The second-order valence-corrected chi connectivity index (χ2v) is 6.81. The van der Waals surface area contributed by atoms with E-state index in [0.29, 0.717) is 16.9 Å². The number of aromatic nitrogens is 3. The van der Waals surface area contributed by atoms with Gasteiger partial charge >= 0.3 is 5.69 Å². The molecule has 3 rings (SSSR count). The molecule has 24 heavy (non-hydrogen) atoms. The summed E-state index contributed by atoms with van der Waals surface area (Å²) in [5, 5.41) is 0.381. The molecule has 1 aliphatic rings. The molecule has 1 aliphatic carbocycles. The maximum absolute atomic E-state index is 12.9. The maximum Gasteiger partial charge on any atom is 0.330 e. The Labute approximate surface area is 139 Å². The fourth-order valence-corrected chi connectivity index (χ4v) is 3.68. The minimum Gasteiger partial charge on any atom is -0.300 e. The largest absolute Gasteiger partial charge is 0.330 e. The Balaban J connectivity index is 2.03. The molecule has 0 unspecified atom stereocenters. The van der Waals surface area contributed by atoms with Crippen molar-refractivity contribution < 1.29 is 4.79 Å². The Hall–Kier alpha value is -2.24. The quantitative estimate of drug-likeness (QED) is 0.933. The van der Waals surface area contributed by atoms with Crippen LogP contribution in [-0.2, 0) is 11.2 Å². The van der Waals surface area contributed by atoms with Crippen LogP contribution in [0.1, 0.15) is 57.6 Å². The highest BCUT2D eigenvalue weighted by Crippen LogP contribution is 2.32. The Bertz CT molecular complexity index is 873. The average molecular weight is 329 g/mol. The van der Waals surface area contributed by atoms with Gasteiger partial charge in [0.25, 0.3) is 5.56 Å². The lowest BCUT2D eigenvalue weighted by atomic mass is 9.84. The first kappa shape index (κ1) is 16.6. The van der Waals surface area contributed by atoms with Gasteiger partial charge in [0.2, 0.25) is 0 Å². The number of pyridine rings is 1. The zero-order chi connectivity index (χ0) is 17.3. The number of hydrogen-bond acceptors (Lipinski definition) is 4. The predicted octanol–water partition coefficient (Wildman–Crippen LogP) is 2.36. The molecule has 0 aliphatic heterocycles. The minimum absolute atomic E-state index is 0.0128. The summed E-state index contributed by atoms with van der Waals surface area (Å²) in [4.78, 5) is 43.4. The number of nitrogens with zero attached hydrogens (tertiary/aromatic N) is 2. The van der Waals surface area contributed by atoms with E-state index in [2.05, 4.69) is 16.9 Å². The van der Waals surface area contributed by atoms with Crippen molar-refractivity contribution in [3.05, 3.63) is 38.7 Å². The molecule has 6 heteroatoms. The maximum atomic E-state index is 12.9. The number of H-pyrrole nitrogens is 1. The van der Waals surface area contributed by atoms with E-state index in [1.165, 1.54) is 17.7 Å². The van der Waals surface area contributed by atoms with Crippen LogP contribution < -0.4 is 11.2 Å². The van der Waals surface area contributed by atoms with Gasteiger partial charge in [-0.15, -0.1) is 0 Å². The van der Waals surface area contributed by atoms with Gasteiger partial charge < -0.3 is 0 Å². The Morgan fingerprint density at radius 1 is 1.29 bits per heavy atom. The van der Waals surface area contributed by atoms with Crippen LogP contribution in [0.15, 0.2) is 21.9 Å². The van der Waals surface area contributed by atoms with E-state index in [4.69, 9.17) is 0 Å². The standard InChI is InChI=1S/C18H23N3O3/c1-3-12-4-6-14(7-5-12)21-17(23)15-9-13(8-11(2)22)10-19-16(15)20-18(21)24/h9-10,12,14H,3-8H2,1-2H3,(H,19,20,24). The van der Waals surface area contributed by atoms with Gasteiger partial charge in [0.15, 0.2) is 0 Å². The minimum atomic E-state index is -0.390. The predicted molar refractivity (Wildman–Crippen MR) is 92.3 cm³/mol. The normalized spacial score (nSPS) is 21.1. The molecule has 6 nitrogen and oxygen atoms in total. The van der Waals surface area contributed by atoms with Gasteiger partial charge in [-0.2, -0.15) is 0 Å². The summed E-state index contributed by atoms with van der Waals surface area (Å²) < 4.78 is 1.35. The van der Waals surface area contributed by atoms with Crippen molar-refractivity contribution in [2.24, 2.45) is 5.92 Å². The number of aromatic amines is 1. The summed E-state index contributed by atoms with van der Waals surface area (Å²) in [6, 6.07) is 1.63. The van der Waals surface area contributed by atoms with Gasteiger partial charge in [-0.25, -0.2) is 9.78 Å². The molecule has 0 spiro atoms. The van der Waals surface area contributed by atoms with Crippen LogP contribution >= 0.6 is 0 Å². The number of fused-ring (bicyclic) bond motifs is 1. The van der Waals surface area contributed by atoms with Crippen molar-refractivity contribution in [3.8, 4) is 0 Å². The van der Waals surface area contributed by atoms with Crippen LogP contribution in [-0.4, -0.2) is 20.3 Å². The molecule has 1 fully saturated rings. The lowest BCUT2D eigenvalue weighted by Crippen LogP contribution is -2.39. The molecule has 0 bridgehead atoms. The van der Waals surface area contributed by atoms with E-state index in [1.807, 2.05) is 0 Å². The third-order valence-corrected chi connectivity index (χ3v) is 5.05. The molecular formula is C18H23N3O3. The number of carbonyl (C=O) groups is 1. The highest BCUT2D eigenvalue weighted by atomic mass is 16.2. The van der Waals surface area contributed by atoms with Gasteiger partial charge in [0.1, 0.15) is 11.4 Å². The Morgan fingerprint density at radius 2 is 2.00 bits per heavy atom. The fourth-order valence-electron chi connectivity index (χ4n) is 3.68. The lowest BCUT2D eigenvalue weighted by molar-refractivity contribution is -0.116. The third-order valence-electron chi connectivity index (χ3n) is 5.05. The molecule has 0 atom stereocenters. The first-order valence-corrected chi connectivity index (χ1v) is 8.62. The fraction of sp³-hybridized carbons (Fsp3) is 0.556. The van der Waals surface area contributed by atoms with Crippen molar-refractivity contribution in [3.63, 3.8) is 0 Å². The van der Waals surface area contributed by atoms with Crippen molar-refractivity contribution in [1.82, 2.24) is 14.5 Å². The average Bonchev–Trinajstić information content (AvgIpc) is 2.55. The smallest absolute Gasteiger partial charge is 0.300 e. The van der Waals surface area contributed by atoms with Crippen molar-refractivity contribution in [2.45, 2.75) is 58.4 Å². The monoisotopic (exact) mass is 329 g/mol. The molecule has 128 valence electrons. The molecule has 1 saturated carbocycles. The second kappa shape index (κ2) is 6.71. The molecule has 2 heterocycles. The van der Waals surface area contributed by atoms with Crippen molar-refractivity contribution in [1.29, 1.82) is 0 Å². The summed E-state index contributed by atoms with van der Waals surface area (Å²) in [7, 11) is 0. The summed E-state index contributed by atoms with van der Waals surface area (Å²) >= 11 is 0. The summed E-state index contributed by atoms with van der Waals surface area (Å²) in [5.41, 5.74) is 0.294.